The highest BCUT2D eigenvalue weighted by molar-refractivity contribution is 5.76. The van der Waals surface area contributed by atoms with Crippen LogP contribution in [0.4, 0.5) is 5.82 Å². The van der Waals surface area contributed by atoms with E-state index >= 15 is 0 Å². The molecule has 5 nitrogen and oxygen atoms in total. The number of amides is 1. The lowest BCUT2D eigenvalue weighted by molar-refractivity contribution is -0.133. The molecule has 0 aromatic carbocycles. The van der Waals surface area contributed by atoms with Crippen molar-refractivity contribution in [3.8, 4) is 0 Å². The molecule has 1 aromatic heterocycles. The smallest absolute Gasteiger partial charge is 0.223 e. The quantitative estimate of drug-likeness (QED) is 0.906. The summed E-state index contributed by atoms with van der Waals surface area (Å²) in [6.45, 7) is 3.74. The Kier molecular flexibility index (Phi) is 4.35. The van der Waals surface area contributed by atoms with E-state index in [0.29, 0.717) is 23.9 Å². The lowest BCUT2D eigenvalue weighted by atomic mass is 10.0. The zero-order valence-corrected chi connectivity index (χ0v) is 15.6. The molecule has 1 aromatic rings. The molecule has 2 saturated heterocycles. The van der Waals surface area contributed by atoms with Crippen LogP contribution in [-0.4, -0.2) is 47.5 Å². The Morgan fingerprint density at radius 2 is 1.88 bits per heavy atom. The molecule has 2 unspecified atom stereocenters. The van der Waals surface area contributed by atoms with Crippen LogP contribution >= 0.6 is 0 Å². The molecule has 2 bridgehead atoms. The maximum absolute atomic E-state index is 12.6. The lowest BCUT2D eigenvalue weighted by Gasteiger charge is -2.35. The Bertz CT molecular complexity index is 673. The van der Waals surface area contributed by atoms with Crippen molar-refractivity contribution in [2.75, 3.05) is 24.5 Å². The third-order valence-corrected chi connectivity index (χ3v) is 6.86. The van der Waals surface area contributed by atoms with Gasteiger partial charge in [-0.1, -0.05) is 18.9 Å². The van der Waals surface area contributed by atoms with Gasteiger partial charge >= 0.3 is 0 Å². The van der Waals surface area contributed by atoms with Crippen LogP contribution in [0.15, 0.2) is 12.1 Å². The predicted molar refractivity (Wildman–Crippen MR) is 102 cm³/mol. The fourth-order valence-corrected chi connectivity index (χ4v) is 5.37. The predicted octanol–water partition coefficient (Wildman–Crippen LogP) is 2.49. The molecule has 1 aliphatic carbocycles. The number of carbonyl (C=O) groups is 1. The van der Waals surface area contributed by atoms with Crippen LogP contribution in [0.25, 0.3) is 0 Å². The van der Waals surface area contributed by atoms with E-state index in [-0.39, 0.29) is 0 Å². The van der Waals surface area contributed by atoms with Gasteiger partial charge in [0, 0.05) is 56.8 Å². The SMILES string of the molecule is O=C(CC1CCCC1)N1CCc2nc(N3CC4CCC(C3)N4)ccc2C1. The fourth-order valence-electron chi connectivity index (χ4n) is 5.37. The second-order valence-corrected chi connectivity index (χ2v) is 8.74. The van der Waals surface area contributed by atoms with E-state index in [1.807, 2.05) is 0 Å². The molecule has 0 radical (unpaired) electrons. The number of pyridine rings is 1. The minimum absolute atomic E-state index is 0.352. The van der Waals surface area contributed by atoms with Crippen LogP contribution in [0.5, 0.6) is 0 Å². The molecule has 140 valence electrons. The van der Waals surface area contributed by atoms with Crippen molar-refractivity contribution in [1.82, 2.24) is 15.2 Å². The molecule has 3 fully saturated rings. The zero-order valence-electron chi connectivity index (χ0n) is 15.6. The van der Waals surface area contributed by atoms with E-state index in [9.17, 15) is 4.79 Å². The minimum Gasteiger partial charge on any atom is -0.353 e. The van der Waals surface area contributed by atoms with Gasteiger partial charge in [0.25, 0.3) is 0 Å². The topological polar surface area (TPSA) is 48.5 Å². The van der Waals surface area contributed by atoms with Crippen LogP contribution < -0.4 is 10.2 Å². The molecule has 2 atom stereocenters. The second kappa shape index (κ2) is 6.84. The number of fused-ring (bicyclic) bond motifs is 3. The third kappa shape index (κ3) is 3.22. The number of hydrogen-bond acceptors (Lipinski definition) is 4. The van der Waals surface area contributed by atoms with Gasteiger partial charge in [-0.05, 0) is 43.2 Å². The molecule has 4 aliphatic rings. The first-order valence-electron chi connectivity index (χ1n) is 10.5. The number of aromatic nitrogens is 1. The van der Waals surface area contributed by atoms with Gasteiger partial charge in [0.2, 0.25) is 5.91 Å². The zero-order chi connectivity index (χ0) is 17.5. The van der Waals surface area contributed by atoms with E-state index < -0.39 is 0 Å². The van der Waals surface area contributed by atoms with Crippen LogP contribution in [0.3, 0.4) is 0 Å². The van der Waals surface area contributed by atoms with Gasteiger partial charge in [-0.3, -0.25) is 4.79 Å². The average Bonchev–Trinajstić information content (AvgIpc) is 3.30. The van der Waals surface area contributed by atoms with Gasteiger partial charge in [-0.15, -0.1) is 0 Å². The average molecular weight is 354 g/mol. The van der Waals surface area contributed by atoms with Gasteiger partial charge < -0.3 is 15.1 Å². The third-order valence-electron chi connectivity index (χ3n) is 6.86. The Morgan fingerprint density at radius 1 is 1.12 bits per heavy atom. The summed E-state index contributed by atoms with van der Waals surface area (Å²) in [7, 11) is 0. The summed E-state index contributed by atoms with van der Waals surface area (Å²) in [6.07, 6.45) is 9.35. The molecule has 0 spiro atoms. The summed E-state index contributed by atoms with van der Waals surface area (Å²) in [6, 6.07) is 5.66. The number of piperazine rings is 1. The van der Waals surface area contributed by atoms with Crippen molar-refractivity contribution in [2.45, 2.75) is 70.0 Å². The Morgan fingerprint density at radius 3 is 2.65 bits per heavy atom. The number of nitrogens with one attached hydrogen (secondary N) is 1. The summed E-state index contributed by atoms with van der Waals surface area (Å²) in [5.74, 6) is 2.12. The molecule has 1 N–H and O–H groups in total. The normalized spacial score (nSPS) is 28.5. The van der Waals surface area contributed by atoms with Gasteiger partial charge in [0.1, 0.15) is 5.82 Å². The van der Waals surface area contributed by atoms with E-state index in [1.54, 1.807) is 0 Å². The lowest BCUT2D eigenvalue weighted by Crippen LogP contribution is -2.51. The van der Waals surface area contributed by atoms with Crippen molar-refractivity contribution in [3.05, 3.63) is 23.4 Å². The van der Waals surface area contributed by atoms with E-state index in [1.165, 1.54) is 49.8 Å². The molecular formula is C21H30N4O. The highest BCUT2D eigenvalue weighted by Gasteiger charge is 2.33. The maximum Gasteiger partial charge on any atom is 0.223 e. The second-order valence-electron chi connectivity index (χ2n) is 8.74. The highest BCUT2D eigenvalue weighted by Crippen LogP contribution is 2.30. The standard InChI is InChI=1S/C21H30N4O/c26-21(11-15-3-1-2-4-15)24-10-9-19-16(12-24)5-8-20(23-19)25-13-17-6-7-18(14-25)22-17/h5,8,15,17-18,22H,1-4,6-7,9-14H2. The van der Waals surface area contributed by atoms with Crippen LogP contribution in [0.1, 0.15) is 56.2 Å². The van der Waals surface area contributed by atoms with E-state index in [4.69, 9.17) is 4.98 Å². The monoisotopic (exact) mass is 354 g/mol. The summed E-state index contributed by atoms with van der Waals surface area (Å²) in [5.41, 5.74) is 2.45. The van der Waals surface area contributed by atoms with Gasteiger partial charge in [0.15, 0.2) is 0 Å². The van der Waals surface area contributed by atoms with Gasteiger partial charge in [-0.2, -0.15) is 0 Å². The first-order chi connectivity index (χ1) is 12.7. The first kappa shape index (κ1) is 16.5. The van der Waals surface area contributed by atoms with E-state index in [0.717, 1.165) is 44.8 Å². The van der Waals surface area contributed by atoms with Gasteiger partial charge in [0.05, 0.1) is 0 Å². The molecular weight excluding hydrogens is 324 g/mol. The summed E-state index contributed by atoms with van der Waals surface area (Å²) < 4.78 is 0. The Balaban J connectivity index is 1.25. The highest BCUT2D eigenvalue weighted by atomic mass is 16.2. The van der Waals surface area contributed by atoms with Crippen molar-refractivity contribution in [3.63, 3.8) is 0 Å². The molecule has 5 rings (SSSR count). The van der Waals surface area contributed by atoms with Crippen molar-refractivity contribution in [1.29, 1.82) is 0 Å². The molecule has 3 aliphatic heterocycles. The van der Waals surface area contributed by atoms with Crippen LogP contribution in [-0.2, 0) is 17.8 Å². The number of carbonyl (C=O) groups excluding carboxylic acids is 1. The number of nitrogens with zero attached hydrogens (tertiary/aromatic N) is 3. The van der Waals surface area contributed by atoms with Gasteiger partial charge in [-0.25, -0.2) is 4.98 Å². The van der Waals surface area contributed by atoms with E-state index in [2.05, 4.69) is 27.2 Å². The number of anilines is 1. The number of rotatable bonds is 3. The van der Waals surface area contributed by atoms with Crippen molar-refractivity contribution >= 4 is 11.7 Å². The molecule has 5 heteroatoms. The Hall–Kier alpha value is -1.62. The fraction of sp³-hybridized carbons (Fsp3) is 0.714. The molecule has 1 saturated carbocycles. The molecule has 26 heavy (non-hydrogen) atoms. The summed E-state index contributed by atoms with van der Waals surface area (Å²) in [4.78, 5) is 22.2. The minimum atomic E-state index is 0.352. The largest absolute Gasteiger partial charge is 0.353 e. The maximum atomic E-state index is 12.6. The van der Waals surface area contributed by atoms with Crippen LogP contribution in [0, 0.1) is 5.92 Å². The number of hydrogen-bond donors (Lipinski definition) is 1. The van der Waals surface area contributed by atoms with Crippen molar-refractivity contribution in [2.24, 2.45) is 5.92 Å². The summed E-state index contributed by atoms with van der Waals surface area (Å²) in [5, 5.41) is 3.69. The van der Waals surface area contributed by atoms with Crippen LogP contribution in [0.2, 0.25) is 0 Å². The van der Waals surface area contributed by atoms with Crippen molar-refractivity contribution < 1.29 is 4.79 Å². The summed E-state index contributed by atoms with van der Waals surface area (Å²) >= 11 is 0. The Labute approximate surface area is 156 Å². The molecule has 4 heterocycles. The molecule has 1 amide bonds. The first-order valence-corrected chi connectivity index (χ1v) is 10.5.